The van der Waals surface area contributed by atoms with Gasteiger partial charge in [0, 0.05) is 13.1 Å². The van der Waals surface area contributed by atoms with Crippen molar-refractivity contribution >= 4 is 10.0 Å². The van der Waals surface area contributed by atoms with Crippen molar-refractivity contribution in [2.24, 2.45) is 0 Å². The van der Waals surface area contributed by atoms with Crippen molar-refractivity contribution in [1.29, 1.82) is 0 Å². The predicted octanol–water partition coefficient (Wildman–Crippen LogP) is 2.40. The predicted molar refractivity (Wildman–Crippen MR) is 85.9 cm³/mol. The highest BCUT2D eigenvalue weighted by Gasteiger charge is 2.28. The Morgan fingerprint density at radius 2 is 1.90 bits per heavy atom. The van der Waals surface area contributed by atoms with E-state index in [1.165, 1.54) is 5.56 Å². The summed E-state index contributed by atoms with van der Waals surface area (Å²) in [6, 6.07) is 7.44. The normalized spacial score (nSPS) is 20.4. The SMILES string of the molecule is CCCc1ccc(S(=O)(=O)N(C)C2CCCNCC2)cc1. The number of sulfonamides is 1. The van der Waals surface area contributed by atoms with Crippen LogP contribution in [0.25, 0.3) is 0 Å². The molecule has 1 fully saturated rings. The molecule has 21 heavy (non-hydrogen) atoms. The van der Waals surface area contributed by atoms with Crippen LogP contribution in [0, 0.1) is 0 Å². The molecule has 1 atom stereocenters. The number of benzene rings is 1. The molecule has 0 aliphatic carbocycles. The molecule has 1 unspecified atom stereocenters. The van der Waals surface area contributed by atoms with E-state index in [0.717, 1.165) is 45.2 Å². The molecule has 0 spiro atoms. The molecule has 5 heteroatoms. The molecule has 1 saturated heterocycles. The van der Waals surface area contributed by atoms with Crippen LogP contribution in [0.15, 0.2) is 29.2 Å². The Morgan fingerprint density at radius 3 is 2.57 bits per heavy atom. The lowest BCUT2D eigenvalue weighted by Gasteiger charge is -2.26. The number of hydrogen-bond donors (Lipinski definition) is 1. The second kappa shape index (κ2) is 7.38. The van der Waals surface area contributed by atoms with E-state index in [-0.39, 0.29) is 6.04 Å². The fourth-order valence-corrected chi connectivity index (χ4v) is 4.26. The Balaban J connectivity index is 2.15. The lowest BCUT2D eigenvalue weighted by atomic mass is 10.1. The second-order valence-corrected chi connectivity index (χ2v) is 7.75. The number of aryl methyl sites for hydroxylation is 1. The monoisotopic (exact) mass is 310 g/mol. The summed E-state index contributed by atoms with van der Waals surface area (Å²) in [5.74, 6) is 0. The third-order valence-electron chi connectivity index (χ3n) is 4.20. The molecule has 0 amide bonds. The maximum absolute atomic E-state index is 12.7. The molecule has 0 aromatic heterocycles. The van der Waals surface area contributed by atoms with Gasteiger partial charge in [0.2, 0.25) is 10.0 Å². The van der Waals surface area contributed by atoms with Gasteiger partial charge in [-0.2, -0.15) is 4.31 Å². The number of hydrogen-bond acceptors (Lipinski definition) is 3. The van der Waals surface area contributed by atoms with Crippen molar-refractivity contribution in [3.63, 3.8) is 0 Å². The first-order valence-corrected chi connectivity index (χ1v) is 9.27. The van der Waals surface area contributed by atoms with Crippen molar-refractivity contribution in [3.05, 3.63) is 29.8 Å². The highest BCUT2D eigenvalue weighted by Crippen LogP contribution is 2.22. The summed E-state index contributed by atoms with van der Waals surface area (Å²) in [6.07, 6.45) is 4.89. The van der Waals surface area contributed by atoms with E-state index in [0.29, 0.717) is 4.90 Å². The van der Waals surface area contributed by atoms with Crippen LogP contribution < -0.4 is 5.32 Å². The highest BCUT2D eigenvalue weighted by molar-refractivity contribution is 7.89. The zero-order valence-corrected chi connectivity index (χ0v) is 13.8. The van der Waals surface area contributed by atoms with Crippen LogP contribution in [0.3, 0.4) is 0 Å². The van der Waals surface area contributed by atoms with Gasteiger partial charge in [0.25, 0.3) is 0 Å². The lowest BCUT2D eigenvalue weighted by molar-refractivity contribution is 0.341. The largest absolute Gasteiger partial charge is 0.317 e. The molecule has 4 nitrogen and oxygen atoms in total. The summed E-state index contributed by atoms with van der Waals surface area (Å²) in [6.45, 7) is 3.99. The van der Waals surface area contributed by atoms with Crippen LogP contribution in [-0.2, 0) is 16.4 Å². The van der Waals surface area contributed by atoms with Gasteiger partial charge < -0.3 is 5.32 Å². The molecule has 2 rings (SSSR count). The first-order valence-electron chi connectivity index (χ1n) is 7.83. The van der Waals surface area contributed by atoms with E-state index >= 15 is 0 Å². The van der Waals surface area contributed by atoms with Gasteiger partial charge in [-0.25, -0.2) is 8.42 Å². The summed E-state index contributed by atoms with van der Waals surface area (Å²) in [4.78, 5) is 0.405. The quantitative estimate of drug-likeness (QED) is 0.908. The molecule has 1 aliphatic heterocycles. The maximum atomic E-state index is 12.7. The Labute approximate surface area is 128 Å². The van der Waals surface area contributed by atoms with Crippen LogP contribution in [0.1, 0.15) is 38.2 Å². The minimum atomic E-state index is -3.38. The third-order valence-corrected chi connectivity index (χ3v) is 6.12. The first-order chi connectivity index (χ1) is 10.1. The Morgan fingerprint density at radius 1 is 1.19 bits per heavy atom. The maximum Gasteiger partial charge on any atom is 0.243 e. The average molecular weight is 310 g/mol. The molecule has 1 aliphatic rings. The van der Waals surface area contributed by atoms with E-state index < -0.39 is 10.0 Å². The van der Waals surface area contributed by atoms with Gasteiger partial charge in [-0.3, -0.25) is 0 Å². The number of nitrogens with zero attached hydrogens (tertiary/aromatic N) is 1. The summed E-state index contributed by atoms with van der Waals surface area (Å²) in [7, 11) is -1.67. The van der Waals surface area contributed by atoms with E-state index in [1.807, 2.05) is 12.1 Å². The molecule has 1 aromatic rings. The molecule has 1 aromatic carbocycles. The highest BCUT2D eigenvalue weighted by atomic mass is 32.2. The molecule has 118 valence electrons. The van der Waals surface area contributed by atoms with Gasteiger partial charge in [0.15, 0.2) is 0 Å². The van der Waals surface area contributed by atoms with Crippen LogP contribution in [-0.4, -0.2) is 38.9 Å². The topological polar surface area (TPSA) is 49.4 Å². The standard InChI is InChI=1S/C16H26N2O2S/c1-3-5-14-7-9-16(10-8-14)21(19,20)18(2)15-6-4-12-17-13-11-15/h7-10,15,17H,3-6,11-13H2,1-2H3. The van der Waals surface area contributed by atoms with Gasteiger partial charge >= 0.3 is 0 Å². The summed E-state index contributed by atoms with van der Waals surface area (Å²) >= 11 is 0. The van der Waals surface area contributed by atoms with Crippen molar-refractivity contribution in [3.8, 4) is 0 Å². The Hall–Kier alpha value is -0.910. The molecule has 1 N–H and O–H groups in total. The van der Waals surface area contributed by atoms with Crippen LogP contribution in [0.2, 0.25) is 0 Å². The minimum Gasteiger partial charge on any atom is -0.317 e. The number of rotatable bonds is 5. The van der Waals surface area contributed by atoms with Gasteiger partial charge in [0.05, 0.1) is 4.90 Å². The third kappa shape index (κ3) is 4.05. The van der Waals surface area contributed by atoms with Crippen molar-refractivity contribution in [2.75, 3.05) is 20.1 Å². The van der Waals surface area contributed by atoms with Crippen LogP contribution in [0.4, 0.5) is 0 Å². The van der Waals surface area contributed by atoms with Crippen LogP contribution >= 0.6 is 0 Å². The molecule has 0 bridgehead atoms. The van der Waals surface area contributed by atoms with Crippen molar-refractivity contribution in [2.45, 2.75) is 50.0 Å². The van der Waals surface area contributed by atoms with E-state index in [4.69, 9.17) is 0 Å². The molecule has 1 heterocycles. The molecular formula is C16H26N2O2S. The summed E-state index contributed by atoms with van der Waals surface area (Å²) in [5, 5.41) is 3.32. The Kier molecular flexibility index (Phi) is 5.79. The summed E-state index contributed by atoms with van der Waals surface area (Å²) in [5.41, 5.74) is 1.19. The fraction of sp³-hybridized carbons (Fsp3) is 0.625. The van der Waals surface area contributed by atoms with Gasteiger partial charge in [-0.05, 0) is 56.5 Å². The lowest BCUT2D eigenvalue weighted by Crippen LogP contribution is -2.37. The number of nitrogens with one attached hydrogen (secondary N) is 1. The zero-order valence-electron chi connectivity index (χ0n) is 13.0. The van der Waals surface area contributed by atoms with E-state index in [9.17, 15) is 8.42 Å². The van der Waals surface area contributed by atoms with Gasteiger partial charge in [-0.1, -0.05) is 25.5 Å². The van der Waals surface area contributed by atoms with E-state index in [1.54, 1.807) is 23.5 Å². The smallest absolute Gasteiger partial charge is 0.243 e. The first kappa shape index (κ1) is 16.5. The van der Waals surface area contributed by atoms with Crippen molar-refractivity contribution < 1.29 is 8.42 Å². The van der Waals surface area contributed by atoms with Gasteiger partial charge in [0.1, 0.15) is 0 Å². The Bertz CT molecular complexity index is 532. The van der Waals surface area contributed by atoms with Crippen molar-refractivity contribution in [1.82, 2.24) is 9.62 Å². The zero-order chi connectivity index (χ0) is 15.3. The molecule has 0 radical (unpaired) electrons. The van der Waals surface area contributed by atoms with Crippen LogP contribution in [0.5, 0.6) is 0 Å². The fourth-order valence-electron chi connectivity index (χ4n) is 2.84. The van der Waals surface area contributed by atoms with E-state index in [2.05, 4.69) is 12.2 Å². The minimum absolute atomic E-state index is 0.0975. The summed E-state index contributed by atoms with van der Waals surface area (Å²) < 4.78 is 27.0. The van der Waals surface area contributed by atoms with Gasteiger partial charge in [-0.15, -0.1) is 0 Å². The second-order valence-electron chi connectivity index (χ2n) is 5.75. The average Bonchev–Trinajstić information content (AvgIpc) is 2.76. The molecular weight excluding hydrogens is 284 g/mol. The molecule has 0 saturated carbocycles.